The third-order valence-electron chi connectivity index (χ3n) is 3.39. The molecular formula is C17H12Cl2N4O2S. The Balaban J connectivity index is 1.98. The van der Waals surface area contributed by atoms with Gasteiger partial charge in [-0.25, -0.2) is 9.97 Å². The van der Waals surface area contributed by atoms with E-state index in [1.165, 1.54) is 18.1 Å². The molecule has 0 bridgehead atoms. The average molecular weight is 407 g/mol. The van der Waals surface area contributed by atoms with Gasteiger partial charge in [0.25, 0.3) is 0 Å². The van der Waals surface area contributed by atoms with Gasteiger partial charge in [0.05, 0.1) is 15.6 Å². The lowest BCUT2D eigenvalue weighted by atomic mass is 10.2. The van der Waals surface area contributed by atoms with Crippen molar-refractivity contribution in [3.63, 3.8) is 0 Å². The van der Waals surface area contributed by atoms with Crippen molar-refractivity contribution in [2.45, 2.75) is 16.8 Å². The van der Waals surface area contributed by atoms with Crippen LogP contribution in [0.5, 0.6) is 0 Å². The zero-order valence-corrected chi connectivity index (χ0v) is 15.8. The Morgan fingerprint density at radius 3 is 2.50 bits per heavy atom. The maximum atomic E-state index is 11.6. The van der Waals surface area contributed by atoms with Crippen molar-refractivity contribution in [3.8, 4) is 0 Å². The first-order valence-corrected chi connectivity index (χ1v) is 8.97. The largest absolute Gasteiger partial charge is 0.343 e. The lowest BCUT2D eigenvalue weighted by Gasteiger charge is -2.10. The van der Waals surface area contributed by atoms with E-state index in [4.69, 9.17) is 23.2 Å². The molecule has 3 rings (SSSR count). The van der Waals surface area contributed by atoms with Gasteiger partial charge in [0.1, 0.15) is 6.33 Å². The molecule has 0 aliphatic heterocycles. The number of nitro groups is 1. The Bertz CT molecular complexity index is 967. The van der Waals surface area contributed by atoms with E-state index in [1.807, 2.05) is 31.2 Å². The summed E-state index contributed by atoms with van der Waals surface area (Å²) in [5.41, 5.74) is 1.35. The molecule has 9 heteroatoms. The fourth-order valence-corrected chi connectivity index (χ4v) is 3.45. The zero-order chi connectivity index (χ0) is 18.7. The minimum atomic E-state index is -0.511. The summed E-state index contributed by atoms with van der Waals surface area (Å²) in [6.45, 7) is 1.97. The van der Waals surface area contributed by atoms with E-state index in [2.05, 4.69) is 15.3 Å². The van der Waals surface area contributed by atoms with E-state index in [-0.39, 0.29) is 16.5 Å². The van der Waals surface area contributed by atoms with Crippen LogP contribution < -0.4 is 5.32 Å². The molecule has 3 aromatic rings. The van der Waals surface area contributed by atoms with Gasteiger partial charge >= 0.3 is 5.69 Å². The van der Waals surface area contributed by atoms with Crippen LogP contribution in [0, 0.1) is 17.0 Å². The number of halogens is 2. The molecule has 0 fully saturated rings. The van der Waals surface area contributed by atoms with Gasteiger partial charge in [0.15, 0.2) is 5.03 Å². The Morgan fingerprint density at radius 2 is 1.85 bits per heavy atom. The molecule has 1 heterocycles. The number of rotatable bonds is 5. The lowest BCUT2D eigenvalue weighted by Crippen LogP contribution is -2.03. The summed E-state index contributed by atoms with van der Waals surface area (Å²) in [5, 5.41) is 15.6. The summed E-state index contributed by atoms with van der Waals surface area (Å²) < 4.78 is 0. The fourth-order valence-electron chi connectivity index (χ4n) is 2.13. The van der Waals surface area contributed by atoms with E-state index in [0.717, 1.165) is 10.5 Å². The number of hydrogen-bond donors (Lipinski definition) is 1. The summed E-state index contributed by atoms with van der Waals surface area (Å²) in [6, 6.07) is 12.4. The van der Waals surface area contributed by atoms with Crippen molar-refractivity contribution in [2.24, 2.45) is 0 Å². The van der Waals surface area contributed by atoms with Crippen molar-refractivity contribution in [3.05, 3.63) is 74.5 Å². The average Bonchev–Trinajstić information content (AvgIpc) is 2.59. The molecule has 0 atom stereocenters. The highest BCUT2D eigenvalue weighted by Gasteiger charge is 2.24. The summed E-state index contributed by atoms with van der Waals surface area (Å²) in [6.07, 6.45) is 1.27. The predicted octanol–water partition coefficient (Wildman–Crippen LogP) is 5.89. The summed E-state index contributed by atoms with van der Waals surface area (Å²) >= 11 is 13.2. The highest BCUT2D eigenvalue weighted by atomic mass is 35.5. The molecule has 0 amide bonds. The third-order valence-corrected chi connectivity index (χ3v) is 4.94. The van der Waals surface area contributed by atoms with Gasteiger partial charge in [0, 0.05) is 9.92 Å². The van der Waals surface area contributed by atoms with Gasteiger partial charge in [-0.2, -0.15) is 0 Å². The molecule has 0 aliphatic rings. The molecule has 0 radical (unpaired) electrons. The molecule has 2 aromatic carbocycles. The first-order chi connectivity index (χ1) is 12.4. The molecule has 1 N–H and O–H groups in total. The summed E-state index contributed by atoms with van der Waals surface area (Å²) in [7, 11) is 0. The van der Waals surface area contributed by atoms with Crippen LogP contribution in [0.3, 0.4) is 0 Å². The van der Waals surface area contributed by atoms with Crippen LogP contribution in [0.25, 0.3) is 0 Å². The van der Waals surface area contributed by atoms with Gasteiger partial charge < -0.3 is 5.32 Å². The van der Waals surface area contributed by atoms with Gasteiger partial charge in [-0.1, -0.05) is 52.7 Å². The number of nitrogens with one attached hydrogen (secondary N) is 1. The maximum Gasteiger partial charge on any atom is 0.343 e. The third kappa shape index (κ3) is 4.24. The Labute approximate surface area is 163 Å². The van der Waals surface area contributed by atoms with Gasteiger partial charge in [-0.05, 0) is 37.3 Å². The topological polar surface area (TPSA) is 81.0 Å². The number of aryl methyl sites for hydroxylation is 1. The molecule has 0 aliphatic carbocycles. The van der Waals surface area contributed by atoms with Crippen molar-refractivity contribution >= 4 is 52.2 Å². The molecule has 0 spiro atoms. The standard InChI is InChI=1S/C17H12Cl2N4O2S/c1-10-2-5-12(6-3-10)26-17-15(23(24)25)16(20-9-21-17)22-14-7-4-11(18)8-13(14)19/h2-9H,1H3,(H,20,21,22). The van der Waals surface area contributed by atoms with Gasteiger partial charge in [0.2, 0.25) is 5.82 Å². The van der Waals surface area contributed by atoms with Gasteiger partial charge in [-0.3, -0.25) is 10.1 Å². The van der Waals surface area contributed by atoms with E-state index in [9.17, 15) is 10.1 Å². The zero-order valence-electron chi connectivity index (χ0n) is 13.4. The van der Waals surface area contributed by atoms with Crippen molar-refractivity contribution < 1.29 is 4.92 Å². The van der Waals surface area contributed by atoms with E-state index >= 15 is 0 Å². The molecule has 1 aromatic heterocycles. The Kier molecular flexibility index (Phi) is 5.61. The van der Waals surface area contributed by atoms with Crippen LogP contribution in [-0.4, -0.2) is 14.9 Å². The maximum absolute atomic E-state index is 11.6. The first kappa shape index (κ1) is 18.4. The second-order valence-corrected chi connectivity index (χ2v) is 7.20. The number of aromatic nitrogens is 2. The smallest absolute Gasteiger partial charge is 0.333 e. The molecule has 6 nitrogen and oxygen atoms in total. The van der Waals surface area contributed by atoms with Crippen LogP contribution >= 0.6 is 35.0 Å². The quantitative estimate of drug-likeness (QED) is 0.322. The second kappa shape index (κ2) is 7.90. The molecule has 0 saturated heterocycles. The molecular weight excluding hydrogens is 395 g/mol. The number of hydrogen-bond acceptors (Lipinski definition) is 6. The predicted molar refractivity (Wildman–Crippen MR) is 104 cm³/mol. The Hall–Kier alpha value is -2.35. The number of nitrogens with zero attached hydrogens (tertiary/aromatic N) is 3. The lowest BCUT2D eigenvalue weighted by molar-refractivity contribution is -0.387. The van der Waals surface area contributed by atoms with E-state index in [0.29, 0.717) is 15.7 Å². The van der Waals surface area contributed by atoms with E-state index in [1.54, 1.807) is 18.2 Å². The fraction of sp³-hybridized carbons (Fsp3) is 0.0588. The highest BCUT2D eigenvalue weighted by molar-refractivity contribution is 7.99. The molecule has 0 unspecified atom stereocenters. The number of benzene rings is 2. The van der Waals surface area contributed by atoms with Crippen molar-refractivity contribution in [1.29, 1.82) is 0 Å². The van der Waals surface area contributed by atoms with Gasteiger partial charge in [-0.15, -0.1) is 0 Å². The SMILES string of the molecule is Cc1ccc(Sc2ncnc(Nc3ccc(Cl)cc3Cl)c2[N+](=O)[O-])cc1. The molecule has 26 heavy (non-hydrogen) atoms. The summed E-state index contributed by atoms with van der Waals surface area (Å²) in [5.74, 6) is 0.0591. The minimum Gasteiger partial charge on any atom is -0.333 e. The van der Waals surface area contributed by atoms with Crippen LogP contribution in [0.15, 0.2) is 58.7 Å². The first-order valence-electron chi connectivity index (χ1n) is 7.40. The van der Waals surface area contributed by atoms with Crippen LogP contribution in [0.4, 0.5) is 17.2 Å². The van der Waals surface area contributed by atoms with Crippen molar-refractivity contribution in [1.82, 2.24) is 9.97 Å². The van der Waals surface area contributed by atoms with Crippen LogP contribution in [0.1, 0.15) is 5.56 Å². The van der Waals surface area contributed by atoms with E-state index < -0.39 is 4.92 Å². The number of anilines is 2. The Morgan fingerprint density at radius 1 is 1.12 bits per heavy atom. The second-order valence-electron chi connectivity index (χ2n) is 5.30. The minimum absolute atomic E-state index is 0.0591. The summed E-state index contributed by atoms with van der Waals surface area (Å²) in [4.78, 5) is 20.0. The van der Waals surface area contributed by atoms with Crippen LogP contribution in [-0.2, 0) is 0 Å². The monoisotopic (exact) mass is 406 g/mol. The van der Waals surface area contributed by atoms with Crippen molar-refractivity contribution in [2.75, 3.05) is 5.32 Å². The highest BCUT2D eigenvalue weighted by Crippen LogP contribution is 2.38. The normalized spacial score (nSPS) is 10.6. The molecule has 132 valence electrons. The molecule has 0 saturated carbocycles. The van der Waals surface area contributed by atoms with Crippen LogP contribution in [0.2, 0.25) is 10.0 Å².